The van der Waals surface area contributed by atoms with E-state index >= 15 is 0 Å². The van der Waals surface area contributed by atoms with E-state index in [0.29, 0.717) is 11.6 Å². The molecule has 0 amide bonds. The highest BCUT2D eigenvalue weighted by Gasteiger charge is 2.15. The molecule has 0 aromatic carbocycles. The lowest BCUT2D eigenvalue weighted by molar-refractivity contribution is -0.138. The second-order valence-corrected chi connectivity index (χ2v) is 4.83. The predicted molar refractivity (Wildman–Crippen MR) is 63.9 cm³/mol. The number of ether oxygens (including phenoxy) is 1. The molecule has 0 fully saturated rings. The molecule has 94 valence electrons. The first-order chi connectivity index (χ1) is 7.78. The molecule has 0 bridgehead atoms. The average Bonchev–Trinajstić information content (AvgIpc) is 2.15. The van der Waals surface area contributed by atoms with Gasteiger partial charge in [-0.2, -0.15) is 0 Å². The third kappa shape index (κ3) is 4.82. The Morgan fingerprint density at radius 1 is 1.53 bits per heavy atom. The number of aromatic nitrogens is 1. The van der Waals surface area contributed by atoms with Crippen molar-refractivity contribution in [1.29, 1.82) is 0 Å². The predicted octanol–water partition coefficient (Wildman–Crippen LogP) is 1.21. The Hall–Kier alpha value is -1.62. The molecule has 0 aliphatic rings. The van der Waals surface area contributed by atoms with Gasteiger partial charge in [-0.3, -0.25) is 4.79 Å². The molecule has 17 heavy (non-hydrogen) atoms. The quantitative estimate of drug-likeness (QED) is 0.823. The summed E-state index contributed by atoms with van der Waals surface area (Å²) >= 11 is 0. The summed E-state index contributed by atoms with van der Waals surface area (Å²) in [5, 5.41) is 8.72. The van der Waals surface area contributed by atoms with Crippen molar-refractivity contribution in [2.45, 2.75) is 38.8 Å². The highest BCUT2D eigenvalue weighted by atomic mass is 16.5. The Morgan fingerprint density at radius 3 is 2.71 bits per heavy atom. The fraction of sp³-hybridized carbons (Fsp3) is 0.500. The lowest BCUT2D eigenvalue weighted by Gasteiger charge is -2.20. The summed E-state index contributed by atoms with van der Waals surface area (Å²) in [6.45, 7) is 5.76. The molecule has 1 aromatic rings. The second kappa shape index (κ2) is 5.14. The van der Waals surface area contributed by atoms with Gasteiger partial charge in [0.05, 0.1) is 0 Å². The summed E-state index contributed by atoms with van der Waals surface area (Å²) in [4.78, 5) is 14.8. The number of rotatable bonds is 4. The van der Waals surface area contributed by atoms with Crippen LogP contribution in [0.4, 0.5) is 0 Å². The molecule has 1 atom stereocenters. The minimum atomic E-state index is -1.03. The van der Waals surface area contributed by atoms with Crippen molar-refractivity contribution < 1.29 is 14.6 Å². The third-order valence-corrected chi connectivity index (χ3v) is 1.94. The number of carboxylic acids is 1. The summed E-state index contributed by atoms with van der Waals surface area (Å²) < 4.78 is 5.59. The molecule has 5 nitrogen and oxygen atoms in total. The van der Waals surface area contributed by atoms with Crippen molar-refractivity contribution >= 4 is 5.97 Å². The van der Waals surface area contributed by atoms with Crippen LogP contribution in [-0.2, 0) is 11.2 Å². The highest BCUT2D eigenvalue weighted by molar-refractivity contribution is 5.73. The second-order valence-electron chi connectivity index (χ2n) is 4.83. The molecule has 0 saturated heterocycles. The lowest BCUT2D eigenvalue weighted by atomic mass is 10.1. The smallest absolute Gasteiger partial charge is 0.320 e. The van der Waals surface area contributed by atoms with Gasteiger partial charge in [0.1, 0.15) is 11.6 Å². The molecular weight excluding hydrogens is 220 g/mol. The van der Waals surface area contributed by atoms with Gasteiger partial charge in [0.15, 0.2) is 0 Å². The molecule has 0 spiro atoms. The average molecular weight is 238 g/mol. The molecule has 1 aromatic heterocycles. The number of nitrogens with two attached hydrogens (primary N) is 1. The maximum Gasteiger partial charge on any atom is 0.320 e. The molecule has 1 unspecified atom stereocenters. The van der Waals surface area contributed by atoms with Crippen LogP contribution in [0.25, 0.3) is 0 Å². The van der Waals surface area contributed by atoms with Gasteiger partial charge in [-0.25, -0.2) is 4.98 Å². The zero-order valence-corrected chi connectivity index (χ0v) is 10.3. The molecule has 5 heteroatoms. The van der Waals surface area contributed by atoms with Crippen molar-refractivity contribution in [2.75, 3.05) is 0 Å². The zero-order valence-electron chi connectivity index (χ0n) is 10.3. The van der Waals surface area contributed by atoms with Crippen LogP contribution in [0.3, 0.4) is 0 Å². The molecular formula is C12H18N2O3. The number of hydrogen-bond acceptors (Lipinski definition) is 4. The molecule has 3 N–H and O–H groups in total. The number of aliphatic carboxylic acids is 1. The van der Waals surface area contributed by atoms with Crippen LogP contribution in [0.2, 0.25) is 0 Å². The minimum absolute atomic E-state index is 0.191. The van der Waals surface area contributed by atoms with E-state index in [1.54, 1.807) is 18.2 Å². The largest absolute Gasteiger partial charge is 0.480 e. The minimum Gasteiger partial charge on any atom is -0.480 e. The van der Waals surface area contributed by atoms with Crippen LogP contribution >= 0.6 is 0 Å². The summed E-state index contributed by atoms with van der Waals surface area (Å²) in [5.41, 5.74) is 5.73. The van der Waals surface area contributed by atoms with E-state index in [-0.39, 0.29) is 12.0 Å². The van der Waals surface area contributed by atoms with E-state index in [1.807, 2.05) is 20.8 Å². The first-order valence-corrected chi connectivity index (χ1v) is 5.41. The standard InChI is InChI=1S/C12H18N2O3/c1-12(2,3)17-10-6-4-5-8(14-10)7-9(13)11(15)16/h4-6,9H,7,13H2,1-3H3,(H,15,16). The number of carbonyl (C=O) groups is 1. The number of hydrogen-bond donors (Lipinski definition) is 2. The first-order valence-electron chi connectivity index (χ1n) is 5.41. The fourth-order valence-electron chi connectivity index (χ4n) is 1.25. The van der Waals surface area contributed by atoms with Crippen molar-refractivity contribution in [2.24, 2.45) is 5.73 Å². The summed E-state index contributed by atoms with van der Waals surface area (Å²) in [6.07, 6.45) is 0.191. The third-order valence-electron chi connectivity index (χ3n) is 1.94. The number of pyridine rings is 1. The van der Waals surface area contributed by atoms with Crippen LogP contribution in [0.1, 0.15) is 26.5 Å². The van der Waals surface area contributed by atoms with Crippen LogP contribution in [-0.4, -0.2) is 27.7 Å². The van der Waals surface area contributed by atoms with Gasteiger partial charge in [0, 0.05) is 18.2 Å². The van der Waals surface area contributed by atoms with Gasteiger partial charge < -0.3 is 15.6 Å². The van der Waals surface area contributed by atoms with Gasteiger partial charge in [-0.15, -0.1) is 0 Å². The van der Waals surface area contributed by atoms with Gasteiger partial charge in [0.25, 0.3) is 0 Å². The fourth-order valence-corrected chi connectivity index (χ4v) is 1.25. The molecule has 0 aliphatic carbocycles. The van der Waals surface area contributed by atoms with Gasteiger partial charge >= 0.3 is 5.97 Å². The Kier molecular flexibility index (Phi) is 4.07. The SMILES string of the molecule is CC(C)(C)Oc1cccc(CC(N)C(=O)O)n1. The van der Waals surface area contributed by atoms with Crippen molar-refractivity contribution in [3.8, 4) is 5.88 Å². The van der Waals surface area contributed by atoms with E-state index < -0.39 is 12.0 Å². The van der Waals surface area contributed by atoms with E-state index in [1.165, 1.54) is 0 Å². The Bertz CT molecular complexity index is 399. The lowest BCUT2D eigenvalue weighted by Crippen LogP contribution is -2.32. The summed E-state index contributed by atoms with van der Waals surface area (Å²) in [7, 11) is 0. The zero-order chi connectivity index (χ0) is 13.1. The maximum atomic E-state index is 10.6. The van der Waals surface area contributed by atoms with Crippen molar-refractivity contribution in [3.05, 3.63) is 23.9 Å². The summed E-state index contributed by atoms with van der Waals surface area (Å²) in [5.74, 6) is -0.554. The van der Waals surface area contributed by atoms with Gasteiger partial charge in [-0.05, 0) is 26.8 Å². The monoisotopic (exact) mass is 238 g/mol. The van der Waals surface area contributed by atoms with Crippen LogP contribution in [0.5, 0.6) is 5.88 Å². The van der Waals surface area contributed by atoms with Crippen molar-refractivity contribution in [1.82, 2.24) is 4.98 Å². The van der Waals surface area contributed by atoms with E-state index in [0.717, 1.165) is 0 Å². The Balaban J connectivity index is 2.76. The van der Waals surface area contributed by atoms with Crippen molar-refractivity contribution in [3.63, 3.8) is 0 Å². The Morgan fingerprint density at radius 2 is 2.18 bits per heavy atom. The first kappa shape index (κ1) is 13.4. The normalized spacial score (nSPS) is 13.2. The highest BCUT2D eigenvalue weighted by Crippen LogP contribution is 2.15. The topological polar surface area (TPSA) is 85.4 Å². The number of carboxylic acid groups (broad SMARTS) is 1. The van der Waals surface area contributed by atoms with E-state index in [4.69, 9.17) is 15.6 Å². The molecule has 0 saturated carbocycles. The molecule has 1 heterocycles. The van der Waals surface area contributed by atoms with E-state index in [2.05, 4.69) is 4.98 Å². The van der Waals surface area contributed by atoms with Crippen LogP contribution < -0.4 is 10.5 Å². The van der Waals surface area contributed by atoms with Gasteiger partial charge in [-0.1, -0.05) is 6.07 Å². The van der Waals surface area contributed by atoms with Gasteiger partial charge in [0.2, 0.25) is 5.88 Å². The molecule has 0 radical (unpaired) electrons. The number of nitrogens with zero attached hydrogens (tertiary/aromatic N) is 1. The van der Waals surface area contributed by atoms with Crippen LogP contribution in [0, 0.1) is 0 Å². The Labute approximate surface area is 101 Å². The van der Waals surface area contributed by atoms with Crippen LogP contribution in [0.15, 0.2) is 18.2 Å². The van der Waals surface area contributed by atoms with E-state index in [9.17, 15) is 4.79 Å². The maximum absolute atomic E-state index is 10.6. The molecule has 1 rings (SSSR count). The molecule has 0 aliphatic heterocycles. The summed E-state index contributed by atoms with van der Waals surface area (Å²) in [6, 6.07) is 4.31.